The Bertz CT molecular complexity index is 271. The van der Waals surface area contributed by atoms with Crippen LogP contribution in [0, 0.1) is 15.5 Å². The van der Waals surface area contributed by atoms with E-state index in [0.29, 0.717) is 12.0 Å². The Kier molecular flexibility index (Phi) is 6.33. The van der Waals surface area contributed by atoms with Gasteiger partial charge in [-0.05, 0) is 19.8 Å². The summed E-state index contributed by atoms with van der Waals surface area (Å²) in [6.45, 7) is 2.76. The number of nitrogens with zero attached hydrogens (tertiary/aromatic N) is 2. The van der Waals surface area contributed by atoms with Crippen LogP contribution in [-0.4, -0.2) is 34.8 Å². The molecule has 0 aliphatic heterocycles. The summed E-state index contributed by atoms with van der Waals surface area (Å²) < 4.78 is 0. The van der Waals surface area contributed by atoms with Gasteiger partial charge < -0.3 is 16.3 Å². The van der Waals surface area contributed by atoms with Crippen molar-refractivity contribution in [3.8, 4) is 0 Å². The summed E-state index contributed by atoms with van der Waals surface area (Å²) in [4.78, 5) is 12.7. The summed E-state index contributed by atoms with van der Waals surface area (Å²) in [6.07, 6.45) is 2.29. The molecule has 0 aromatic carbocycles. The van der Waals surface area contributed by atoms with Gasteiger partial charge in [-0.25, -0.2) is 4.99 Å². The van der Waals surface area contributed by atoms with Crippen LogP contribution < -0.4 is 16.4 Å². The van der Waals surface area contributed by atoms with Crippen LogP contribution in [0.4, 0.5) is 0 Å². The largest absolute Gasteiger partial charge is 0.370 e. The van der Waals surface area contributed by atoms with Crippen LogP contribution in [0.1, 0.15) is 19.8 Å². The molecule has 9 nitrogen and oxygen atoms in total. The van der Waals surface area contributed by atoms with Gasteiger partial charge in [-0.2, -0.15) is 0 Å². The van der Waals surface area contributed by atoms with Crippen LogP contribution in [0.2, 0.25) is 0 Å². The number of nitrogens with one attached hydrogen (secondary N) is 3. The van der Waals surface area contributed by atoms with Gasteiger partial charge in [-0.1, -0.05) is 0 Å². The molecule has 1 aliphatic carbocycles. The van der Waals surface area contributed by atoms with E-state index in [4.69, 9.17) is 26.5 Å². The normalized spacial score (nSPS) is 14.4. The van der Waals surface area contributed by atoms with Gasteiger partial charge in [0.15, 0.2) is 11.9 Å². The third kappa shape index (κ3) is 10.0. The standard InChI is InChI=1S/C7H15N5.HNO3/c1-2-10-7(12-6(8)9)11-5-3-4-5;2-1(3)4/h5H,2-4H2,1H3,(H5,8,9,10,11,12);(H,2,3,4). The predicted molar refractivity (Wildman–Crippen MR) is 58.0 cm³/mol. The Morgan fingerprint density at radius 3 is 2.56 bits per heavy atom. The molecule has 16 heavy (non-hydrogen) atoms. The van der Waals surface area contributed by atoms with Crippen LogP contribution in [0.5, 0.6) is 0 Å². The van der Waals surface area contributed by atoms with Crippen LogP contribution >= 0.6 is 0 Å². The molecule has 0 atom stereocenters. The van der Waals surface area contributed by atoms with E-state index >= 15 is 0 Å². The summed E-state index contributed by atoms with van der Waals surface area (Å²) >= 11 is 0. The van der Waals surface area contributed by atoms with Gasteiger partial charge in [0.1, 0.15) is 0 Å². The maximum Gasteiger partial charge on any atom is 0.291 e. The van der Waals surface area contributed by atoms with Gasteiger partial charge in [0.25, 0.3) is 5.09 Å². The van der Waals surface area contributed by atoms with E-state index in [2.05, 4.69) is 15.6 Å². The van der Waals surface area contributed by atoms with Crippen molar-refractivity contribution in [2.75, 3.05) is 6.54 Å². The molecule has 6 N–H and O–H groups in total. The fraction of sp³-hybridized carbons (Fsp3) is 0.714. The Morgan fingerprint density at radius 2 is 2.25 bits per heavy atom. The van der Waals surface area contributed by atoms with Gasteiger partial charge in [0, 0.05) is 6.54 Å². The summed E-state index contributed by atoms with van der Waals surface area (Å²) in [6, 6.07) is 0.436. The Morgan fingerprint density at radius 1 is 1.75 bits per heavy atom. The maximum atomic E-state index is 8.36. The third-order valence-corrected chi connectivity index (χ3v) is 1.46. The second kappa shape index (κ2) is 7.26. The monoisotopic (exact) mass is 232 g/mol. The first-order chi connectivity index (χ1) is 7.45. The van der Waals surface area contributed by atoms with Crippen LogP contribution in [0.15, 0.2) is 4.99 Å². The number of nitrogens with two attached hydrogens (primary N) is 1. The molecule has 0 bridgehead atoms. The smallest absolute Gasteiger partial charge is 0.291 e. The lowest BCUT2D eigenvalue weighted by Crippen LogP contribution is -2.44. The molecule has 0 amide bonds. The van der Waals surface area contributed by atoms with Crippen molar-refractivity contribution in [2.24, 2.45) is 10.7 Å². The summed E-state index contributed by atoms with van der Waals surface area (Å²) in [5.41, 5.74) is 5.17. The lowest BCUT2D eigenvalue weighted by molar-refractivity contribution is -0.742. The van der Waals surface area contributed by atoms with Crippen LogP contribution in [-0.2, 0) is 0 Å². The first kappa shape index (κ1) is 13.9. The fourth-order valence-electron chi connectivity index (χ4n) is 0.803. The maximum absolute atomic E-state index is 8.36. The van der Waals surface area contributed by atoms with E-state index in [1.165, 1.54) is 0 Å². The highest BCUT2D eigenvalue weighted by Gasteiger charge is 2.20. The molecule has 0 aromatic heterocycles. The van der Waals surface area contributed by atoms with Crippen LogP contribution in [0.25, 0.3) is 0 Å². The van der Waals surface area contributed by atoms with E-state index in [-0.39, 0.29) is 5.96 Å². The predicted octanol–water partition coefficient (Wildman–Crippen LogP) is -0.750. The van der Waals surface area contributed by atoms with Gasteiger partial charge >= 0.3 is 0 Å². The summed E-state index contributed by atoms with van der Waals surface area (Å²) in [7, 11) is 0. The highest BCUT2D eigenvalue weighted by atomic mass is 16.9. The quantitative estimate of drug-likeness (QED) is 0.183. The highest BCUT2D eigenvalue weighted by molar-refractivity contribution is 5.96. The first-order valence-corrected chi connectivity index (χ1v) is 4.71. The molecular formula is C7H16N6O3. The average molecular weight is 232 g/mol. The molecule has 0 aromatic rings. The van der Waals surface area contributed by atoms with Crippen LogP contribution in [0.3, 0.4) is 0 Å². The summed E-state index contributed by atoms with van der Waals surface area (Å²) in [5, 5.41) is 26.3. The lowest BCUT2D eigenvalue weighted by atomic mass is 10.7. The Labute approximate surface area is 92.4 Å². The molecule has 1 fully saturated rings. The van der Waals surface area contributed by atoms with E-state index in [1.807, 2.05) is 6.92 Å². The van der Waals surface area contributed by atoms with Crippen molar-refractivity contribution in [2.45, 2.75) is 25.8 Å². The molecule has 0 heterocycles. The second-order valence-corrected chi connectivity index (χ2v) is 3.02. The van der Waals surface area contributed by atoms with E-state index < -0.39 is 5.09 Å². The number of hydrogen-bond acceptors (Lipinski definition) is 4. The van der Waals surface area contributed by atoms with Crippen molar-refractivity contribution in [1.29, 1.82) is 5.41 Å². The molecule has 0 saturated heterocycles. The fourth-order valence-corrected chi connectivity index (χ4v) is 0.803. The molecule has 0 radical (unpaired) electrons. The van der Waals surface area contributed by atoms with Crippen molar-refractivity contribution in [3.05, 3.63) is 10.1 Å². The zero-order valence-electron chi connectivity index (χ0n) is 8.93. The second-order valence-electron chi connectivity index (χ2n) is 3.02. The van der Waals surface area contributed by atoms with E-state index in [1.54, 1.807) is 0 Å². The molecule has 1 saturated carbocycles. The van der Waals surface area contributed by atoms with Gasteiger partial charge in [-0.15, -0.1) is 10.1 Å². The Balaban J connectivity index is 0.000000487. The Hall–Kier alpha value is -2.06. The first-order valence-electron chi connectivity index (χ1n) is 4.71. The minimum Gasteiger partial charge on any atom is -0.370 e. The van der Waals surface area contributed by atoms with Gasteiger partial charge in [-0.3, -0.25) is 10.7 Å². The minimum atomic E-state index is -1.50. The molecular weight excluding hydrogens is 216 g/mol. The number of hydrogen-bond donors (Lipinski definition) is 5. The van der Waals surface area contributed by atoms with Crippen molar-refractivity contribution in [1.82, 2.24) is 10.6 Å². The zero-order valence-corrected chi connectivity index (χ0v) is 8.93. The molecule has 1 rings (SSSR count). The highest BCUT2D eigenvalue weighted by Crippen LogP contribution is 2.23. The van der Waals surface area contributed by atoms with Crippen molar-refractivity contribution in [3.63, 3.8) is 0 Å². The van der Waals surface area contributed by atoms with E-state index in [9.17, 15) is 0 Å². The average Bonchev–Trinajstić information content (AvgIpc) is 2.86. The van der Waals surface area contributed by atoms with Crippen molar-refractivity contribution < 1.29 is 10.3 Å². The molecule has 1 aliphatic rings. The molecule has 0 spiro atoms. The molecule has 92 valence electrons. The SMILES string of the molecule is CCN/C(=N/C1CC1)NC(=N)N.O=[N+]([O-])O. The number of aliphatic imine (C=N–C) groups is 1. The lowest BCUT2D eigenvalue weighted by Gasteiger charge is -2.08. The molecule has 0 unspecified atom stereocenters. The number of rotatable bonds is 2. The van der Waals surface area contributed by atoms with Gasteiger partial charge in [0.2, 0.25) is 0 Å². The topological polar surface area (TPSA) is 150 Å². The number of guanidine groups is 2. The zero-order chi connectivity index (χ0) is 12.6. The van der Waals surface area contributed by atoms with E-state index in [0.717, 1.165) is 19.4 Å². The molecule has 9 heteroatoms. The summed E-state index contributed by atoms with van der Waals surface area (Å²) in [5.74, 6) is 0.544. The minimum absolute atomic E-state index is 0.0737. The third-order valence-electron chi connectivity index (χ3n) is 1.46. The van der Waals surface area contributed by atoms with Crippen molar-refractivity contribution >= 4 is 11.9 Å². The van der Waals surface area contributed by atoms with Gasteiger partial charge in [0.05, 0.1) is 6.04 Å².